The topological polar surface area (TPSA) is 49.4 Å². The molecule has 6 heteroatoms. The van der Waals surface area contributed by atoms with Crippen LogP contribution in [0.2, 0.25) is 5.02 Å². The van der Waals surface area contributed by atoms with Crippen molar-refractivity contribution < 1.29 is 9.59 Å². The van der Waals surface area contributed by atoms with E-state index in [-0.39, 0.29) is 17.6 Å². The molecule has 0 atom stereocenters. The molecule has 0 bridgehead atoms. The van der Waals surface area contributed by atoms with Gasteiger partial charge in [0.25, 0.3) is 0 Å². The van der Waals surface area contributed by atoms with Crippen LogP contribution in [0, 0.1) is 5.92 Å². The van der Waals surface area contributed by atoms with Gasteiger partial charge < -0.3 is 5.32 Å². The summed E-state index contributed by atoms with van der Waals surface area (Å²) in [6.45, 7) is 2.61. The number of hydrogen-bond acceptors (Lipinski definition) is 3. The SMILES string of the molecule is O=C(c1ccccc1)c1cc(Cl)ccc1NC(=O)C1CCN(Cc2ccc(Br)cc2)CC1. The molecule has 1 saturated heterocycles. The van der Waals surface area contributed by atoms with Gasteiger partial charge in [0.15, 0.2) is 5.78 Å². The van der Waals surface area contributed by atoms with E-state index in [1.807, 2.05) is 18.2 Å². The summed E-state index contributed by atoms with van der Waals surface area (Å²) in [6, 6.07) is 22.4. The first-order valence-electron chi connectivity index (χ1n) is 10.7. The third-order valence-electron chi connectivity index (χ3n) is 5.80. The van der Waals surface area contributed by atoms with Crippen LogP contribution in [0.15, 0.2) is 77.3 Å². The van der Waals surface area contributed by atoms with Crippen molar-refractivity contribution in [3.8, 4) is 0 Å². The number of nitrogens with zero attached hydrogens (tertiary/aromatic N) is 1. The molecule has 1 amide bonds. The lowest BCUT2D eigenvalue weighted by molar-refractivity contribution is -0.121. The number of piperidine rings is 1. The molecular formula is C26H24BrClN2O2. The first-order chi connectivity index (χ1) is 15.5. The average molecular weight is 512 g/mol. The Morgan fingerprint density at radius 3 is 2.34 bits per heavy atom. The summed E-state index contributed by atoms with van der Waals surface area (Å²) >= 11 is 9.62. The Bertz CT molecular complexity index is 1090. The molecule has 0 spiro atoms. The molecule has 0 saturated carbocycles. The number of amides is 1. The van der Waals surface area contributed by atoms with Gasteiger partial charge in [-0.1, -0.05) is 70.0 Å². The second kappa shape index (κ2) is 10.4. The van der Waals surface area contributed by atoms with Gasteiger partial charge in [-0.25, -0.2) is 0 Å². The molecule has 1 fully saturated rings. The molecule has 0 unspecified atom stereocenters. The van der Waals surface area contributed by atoms with E-state index in [0.717, 1.165) is 36.9 Å². The fourth-order valence-corrected chi connectivity index (χ4v) is 4.43. The van der Waals surface area contributed by atoms with E-state index < -0.39 is 0 Å². The highest BCUT2D eigenvalue weighted by molar-refractivity contribution is 9.10. The molecule has 1 aliphatic rings. The van der Waals surface area contributed by atoms with Crippen LogP contribution < -0.4 is 5.32 Å². The summed E-state index contributed by atoms with van der Waals surface area (Å²) in [5.74, 6) is -0.281. The summed E-state index contributed by atoms with van der Waals surface area (Å²) in [5.41, 5.74) is 2.74. The number of hydrogen-bond donors (Lipinski definition) is 1. The van der Waals surface area contributed by atoms with Crippen molar-refractivity contribution in [3.05, 3.63) is 99.0 Å². The zero-order valence-corrected chi connectivity index (χ0v) is 19.9. The van der Waals surface area contributed by atoms with E-state index in [9.17, 15) is 9.59 Å². The highest BCUT2D eigenvalue weighted by Crippen LogP contribution is 2.26. The third-order valence-corrected chi connectivity index (χ3v) is 6.56. The monoisotopic (exact) mass is 510 g/mol. The predicted octanol–water partition coefficient (Wildman–Crippen LogP) is 6.18. The Labute approximate surface area is 201 Å². The highest BCUT2D eigenvalue weighted by Gasteiger charge is 2.26. The molecule has 1 aliphatic heterocycles. The van der Waals surface area contributed by atoms with E-state index >= 15 is 0 Å². The van der Waals surface area contributed by atoms with E-state index in [2.05, 4.69) is 50.4 Å². The number of halogens is 2. The quantitative estimate of drug-likeness (QED) is 0.402. The molecular weight excluding hydrogens is 488 g/mol. The molecule has 0 aromatic heterocycles. The molecule has 3 aromatic carbocycles. The van der Waals surface area contributed by atoms with Gasteiger partial charge in [-0.3, -0.25) is 14.5 Å². The number of likely N-dealkylation sites (tertiary alicyclic amines) is 1. The Kier molecular flexibility index (Phi) is 7.40. The number of nitrogens with one attached hydrogen (secondary N) is 1. The van der Waals surface area contributed by atoms with E-state index in [1.165, 1.54) is 5.56 Å². The first-order valence-corrected chi connectivity index (χ1v) is 11.8. The molecule has 4 nitrogen and oxygen atoms in total. The summed E-state index contributed by atoms with van der Waals surface area (Å²) < 4.78 is 1.07. The maximum atomic E-state index is 13.0. The minimum atomic E-state index is -0.160. The molecule has 1 N–H and O–H groups in total. The summed E-state index contributed by atoms with van der Waals surface area (Å²) in [7, 11) is 0. The Morgan fingerprint density at radius 2 is 1.66 bits per heavy atom. The van der Waals surface area contributed by atoms with Crippen molar-refractivity contribution in [1.29, 1.82) is 0 Å². The maximum absolute atomic E-state index is 13.0. The third kappa shape index (κ3) is 5.66. The van der Waals surface area contributed by atoms with Gasteiger partial charge in [0.05, 0.1) is 5.69 Å². The number of rotatable bonds is 6. The molecule has 164 valence electrons. The number of anilines is 1. The Morgan fingerprint density at radius 1 is 0.969 bits per heavy atom. The normalized spacial score (nSPS) is 14.8. The second-order valence-corrected chi connectivity index (χ2v) is 9.40. The lowest BCUT2D eigenvalue weighted by atomic mass is 9.95. The van der Waals surface area contributed by atoms with Crippen molar-refractivity contribution in [2.75, 3.05) is 18.4 Å². The lowest BCUT2D eigenvalue weighted by Gasteiger charge is -2.31. The maximum Gasteiger partial charge on any atom is 0.227 e. The van der Waals surface area contributed by atoms with Crippen molar-refractivity contribution in [3.63, 3.8) is 0 Å². The average Bonchev–Trinajstić information content (AvgIpc) is 2.82. The molecule has 32 heavy (non-hydrogen) atoms. The largest absolute Gasteiger partial charge is 0.325 e. The van der Waals surface area contributed by atoms with Crippen molar-refractivity contribution in [1.82, 2.24) is 4.90 Å². The Hall–Kier alpha value is -2.47. The van der Waals surface area contributed by atoms with Crippen LogP contribution >= 0.6 is 27.5 Å². The molecule has 0 aliphatic carbocycles. The standard InChI is InChI=1S/C26H24BrClN2O2/c27-21-8-6-18(7-9-21)17-30-14-12-20(13-15-30)26(32)29-24-11-10-22(28)16-23(24)25(31)19-4-2-1-3-5-19/h1-11,16,20H,12-15,17H2,(H,29,32). The van der Waals surface area contributed by atoms with Crippen LogP contribution in [0.4, 0.5) is 5.69 Å². The Balaban J connectivity index is 1.39. The van der Waals surface area contributed by atoms with Gasteiger partial charge in [-0.05, 0) is 61.8 Å². The van der Waals surface area contributed by atoms with Gasteiger partial charge in [0.1, 0.15) is 0 Å². The van der Waals surface area contributed by atoms with E-state index in [4.69, 9.17) is 11.6 Å². The number of ketones is 1. The van der Waals surface area contributed by atoms with Crippen LogP contribution in [0.5, 0.6) is 0 Å². The van der Waals surface area contributed by atoms with Crippen molar-refractivity contribution >= 4 is 44.9 Å². The van der Waals surface area contributed by atoms with Gasteiger partial charge in [-0.15, -0.1) is 0 Å². The minimum Gasteiger partial charge on any atom is -0.325 e. The fourth-order valence-electron chi connectivity index (χ4n) is 3.99. The zero-order valence-electron chi connectivity index (χ0n) is 17.6. The van der Waals surface area contributed by atoms with E-state index in [0.29, 0.717) is 21.8 Å². The summed E-state index contributed by atoms with van der Waals surface area (Å²) in [6.07, 6.45) is 1.58. The molecule has 3 aromatic rings. The van der Waals surface area contributed by atoms with Crippen LogP contribution in [0.25, 0.3) is 0 Å². The van der Waals surface area contributed by atoms with Crippen LogP contribution in [0.1, 0.15) is 34.3 Å². The van der Waals surface area contributed by atoms with Crippen LogP contribution in [-0.2, 0) is 11.3 Å². The number of carbonyl (C=O) groups is 2. The number of benzene rings is 3. The predicted molar refractivity (Wildman–Crippen MR) is 132 cm³/mol. The highest BCUT2D eigenvalue weighted by atomic mass is 79.9. The van der Waals surface area contributed by atoms with Gasteiger partial charge >= 0.3 is 0 Å². The molecule has 4 rings (SSSR count). The van der Waals surface area contributed by atoms with Gasteiger partial charge in [0.2, 0.25) is 5.91 Å². The smallest absolute Gasteiger partial charge is 0.227 e. The van der Waals surface area contributed by atoms with Crippen molar-refractivity contribution in [2.24, 2.45) is 5.92 Å². The fraction of sp³-hybridized carbons (Fsp3) is 0.231. The number of carbonyl (C=O) groups excluding carboxylic acids is 2. The molecule has 1 heterocycles. The first kappa shape index (κ1) is 22.7. The molecule has 0 radical (unpaired) electrons. The zero-order chi connectivity index (χ0) is 22.5. The van der Waals surface area contributed by atoms with Crippen LogP contribution in [0.3, 0.4) is 0 Å². The van der Waals surface area contributed by atoms with Gasteiger partial charge in [-0.2, -0.15) is 0 Å². The van der Waals surface area contributed by atoms with Crippen molar-refractivity contribution in [2.45, 2.75) is 19.4 Å². The minimum absolute atomic E-state index is 0.0438. The van der Waals surface area contributed by atoms with Gasteiger partial charge in [0, 0.05) is 33.1 Å². The van der Waals surface area contributed by atoms with Crippen LogP contribution in [-0.4, -0.2) is 29.7 Å². The van der Waals surface area contributed by atoms with E-state index in [1.54, 1.807) is 30.3 Å². The summed E-state index contributed by atoms with van der Waals surface area (Å²) in [4.78, 5) is 28.4. The lowest BCUT2D eigenvalue weighted by Crippen LogP contribution is -2.37. The summed E-state index contributed by atoms with van der Waals surface area (Å²) in [5, 5.41) is 3.45. The second-order valence-electron chi connectivity index (χ2n) is 8.05.